The van der Waals surface area contributed by atoms with Crippen LogP contribution in [0.15, 0.2) is 0 Å². The Morgan fingerprint density at radius 2 is 2.33 bits per heavy atom. The van der Waals surface area contributed by atoms with Crippen LogP contribution in [-0.2, 0) is 37.5 Å². The zero-order valence-electron chi connectivity index (χ0n) is 5.05. The number of nitrogens with one attached hydrogen (secondary N) is 2. The van der Waals surface area contributed by atoms with Crippen molar-refractivity contribution >= 4 is 13.8 Å². The molecule has 0 saturated heterocycles. The molecule has 47 valence electrons. The second kappa shape index (κ2) is 8.47. The van der Waals surface area contributed by atoms with Crippen LogP contribution in [0.25, 0.3) is 0 Å². The maximum Gasteiger partial charge on any atom is 0.0939 e. The topological polar surface area (TPSA) is 41.1 Å². The van der Waals surface area contributed by atoms with E-state index in [-0.39, 0.29) is 45.1 Å². The van der Waals surface area contributed by atoms with Gasteiger partial charge in [-0.05, 0) is 6.44 Å². The molecule has 0 saturated carbocycles. The summed E-state index contributed by atoms with van der Waals surface area (Å²) < 4.78 is 0. The van der Waals surface area contributed by atoms with Crippen LogP contribution in [0.4, 0.5) is 0 Å². The van der Waals surface area contributed by atoms with Gasteiger partial charge in [-0.15, -0.1) is 0 Å². The number of carbonyl (C=O) groups is 1. The van der Waals surface area contributed by atoms with Gasteiger partial charge in [-0.25, -0.2) is 0 Å². The molecule has 2 N–H and O–H groups in total. The Morgan fingerprint density at radius 1 is 1.78 bits per heavy atom. The van der Waals surface area contributed by atoms with Crippen molar-refractivity contribution in [2.24, 2.45) is 0 Å². The Hall–Kier alpha value is 0.469. The normalized spacial score (nSPS) is 7.22. The summed E-state index contributed by atoms with van der Waals surface area (Å²) in [4.78, 5) is 10.3. The van der Waals surface area contributed by atoms with Crippen LogP contribution >= 0.6 is 0 Å². The maximum absolute atomic E-state index is 10.3. The van der Waals surface area contributed by atoms with Gasteiger partial charge in [0.25, 0.3) is 0 Å². The van der Waals surface area contributed by atoms with E-state index < -0.39 is 0 Å². The van der Waals surface area contributed by atoms with E-state index in [1.165, 1.54) is 6.54 Å². The van der Waals surface area contributed by atoms with E-state index >= 15 is 0 Å². The molecule has 0 aliphatic heterocycles. The minimum atomic E-state index is -0.262. The smallest absolute Gasteiger partial charge is 0.0939 e. The molecule has 0 heterocycles. The second-order valence-electron chi connectivity index (χ2n) is 1.09. The minimum Gasteiger partial charge on any atom is -0.600 e. The fraction of sp³-hybridized carbons (Fsp3) is 0.250. The van der Waals surface area contributed by atoms with E-state index in [2.05, 4.69) is 17.7 Å². The molecule has 0 rings (SSSR count). The number of hydrogen-bond donors (Lipinski definition) is 2. The number of carbonyl (C=O) groups excluding carboxylic acids is 1. The Morgan fingerprint density at radius 3 is 2.67 bits per heavy atom. The van der Waals surface area contributed by atoms with Crippen LogP contribution < -0.4 is 10.6 Å². The zero-order valence-corrected chi connectivity index (χ0v) is 7.89. The van der Waals surface area contributed by atoms with E-state index in [1.54, 1.807) is 0 Å². The van der Waals surface area contributed by atoms with Gasteiger partial charge >= 0.3 is 0 Å². The van der Waals surface area contributed by atoms with Crippen molar-refractivity contribution in [1.82, 2.24) is 10.6 Å². The van der Waals surface area contributed by atoms with Gasteiger partial charge in [0.1, 0.15) is 0 Å². The molecule has 0 aromatic heterocycles. The third-order valence-electron chi connectivity index (χ3n) is 0.509. The summed E-state index contributed by atoms with van der Waals surface area (Å²) in [7, 11) is 8.16. The summed E-state index contributed by atoms with van der Waals surface area (Å²) in [5, 5.41) is 4.64. The molecule has 0 unspecified atom stereocenters. The van der Waals surface area contributed by atoms with Gasteiger partial charge in [0.2, 0.25) is 0 Å². The van der Waals surface area contributed by atoms with Crippen molar-refractivity contribution in [2.75, 3.05) is 6.44 Å². The van der Waals surface area contributed by atoms with Crippen LogP contribution in [-0.4, -0.2) is 20.2 Å². The first-order valence-corrected chi connectivity index (χ1v) is 2.15. The van der Waals surface area contributed by atoms with Crippen molar-refractivity contribution in [2.45, 2.75) is 0 Å². The van der Waals surface area contributed by atoms with Crippen LogP contribution in [0.1, 0.15) is 0 Å². The van der Waals surface area contributed by atoms with Crippen molar-refractivity contribution in [3.05, 3.63) is 13.6 Å². The van der Waals surface area contributed by atoms with Crippen LogP contribution in [0.3, 0.4) is 0 Å². The molecular formula is C4H7BN2OY-2. The van der Waals surface area contributed by atoms with Gasteiger partial charge in [0.05, 0.1) is 13.8 Å². The summed E-state index contributed by atoms with van der Waals surface area (Å²) in [6, 6.07) is 0. The molecule has 1 amide bonds. The first-order chi connectivity index (χ1) is 3.81. The van der Waals surface area contributed by atoms with Gasteiger partial charge < -0.3 is 22.5 Å². The molecule has 5 heteroatoms. The summed E-state index contributed by atoms with van der Waals surface area (Å²) in [5.74, 6) is -0.262. The van der Waals surface area contributed by atoms with Gasteiger partial charge in [-0.2, -0.15) is 0 Å². The third kappa shape index (κ3) is 8.47. The average molecular weight is 199 g/mol. The third-order valence-corrected chi connectivity index (χ3v) is 0.509. The van der Waals surface area contributed by atoms with Crippen LogP contribution in [0.2, 0.25) is 0 Å². The number of hydrogen-bond acceptors (Lipinski definition) is 2. The molecule has 0 fully saturated rings. The van der Waals surface area contributed by atoms with Crippen molar-refractivity contribution in [1.29, 1.82) is 0 Å². The monoisotopic (exact) mass is 199 g/mol. The second-order valence-corrected chi connectivity index (χ2v) is 1.09. The quantitative estimate of drug-likeness (QED) is 0.441. The van der Waals surface area contributed by atoms with Gasteiger partial charge in [0.15, 0.2) is 0 Å². The van der Waals surface area contributed by atoms with Gasteiger partial charge in [-0.3, -0.25) is 6.54 Å². The molecule has 0 aromatic rings. The Kier molecular flexibility index (Phi) is 11.5. The first-order valence-electron chi connectivity index (χ1n) is 2.15. The van der Waals surface area contributed by atoms with E-state index in [0.717, 1.165) is 0 Å². The standard InChI is InChI=1S/C4H7BN2O.Y/c1-6-2-4(8)7-3-5;/h2,6H,1,3H2,(H,7,8);/q-2;. The molecule has 0 aromatic carbocycles. The van der Waals surface area contributed by atoms with E-state index in [9.17, 15) is 4.79 Å². The summed E-state index contributed by atoms with van der Waals surface area (Å²) in [6.45, 7) is 1.19. The zero-order chi connectivity index (χ0) is 6.41. The predicted octanol–water partition coefficient (Wildman–Crippen LogP) is -1.23. The molecular weight excluding hydrogens is 192 g/mol. The number of amides is 1. The summed E-state index contributed by atoms with van der Waals surface area (Å²) in [5.41, 5.74) is 0. The molecule has 0 spiro atoms. The molecule has 0 aliphatic carbocycles. The van der Waals surface area contributed by atoms with Crippen molar-refractivity contribution in [3.63, 3.8) is 0 Å². The summed E-state index contributed by atoms with van der Waals surface area (Å²) >= 11 is 0. The van der Waals surface area contributed by atoms with Gasteiger partial charge in [-0.1, -0.05) is 0 Å². The van der Waals surface area contributed by atoms with E-state index in [4.69, 9.17) is 7.85 Å². The largest absolute Gasteiger partial charge is 0.600 e. The molecule has 0 bridgehead atoms. The van der Waals surface area contributed by atoms with Crippen molar-refractivity contribution in [3.8, 4) is 0 Å². The Bertz CT molecular complexity index is 73.0. The maximum atomic E-state index is 10.3. The number of rotatable bonds is 3. The van der Waals surface area contributed by atoms with Crippen LogP contribution in [0.5, 0.6) is 0 Å². The fourth-order valence-corrected chi connectivity index (χ4v) is 0.244. The molecule has 3 radical (unpaired) electrons. The van der Waals surface area contributed by atoms with E-state index in [0.29, 0.717) is 0 Å². The average Bonchev–Trinajstić information content (AvgIpc) is 1.68. The Labute approximate surface area is 81.6 Å². The first kappa shape index (κ1) is 12.2. The molecule has 0 aliphatic rings. The Balaban J connectivity index is 0. The summed E-state index contributed by atoms with van der Waals surface area (Å²) in [6.07, 6.45) is 0.150. The minimum absolute atomic E-state index is 0. The van der Waals surface area contributed by atoms with Crippen molar-refractivity contribution < 1.29 is 37.5 Å². The fourth-order valence-electron chi connectivity index (χ4n) is 0.244. The van der Waals surface area contributed by atoms with Crippen LogP contribution in [0, 0.1) is 13.6 Å². The predicted molar refractivity (Wildman–Crippen MR) is 31.6 cm³/mol. The van der Waals surface area contributed by atoms with Gasteiger partial charge in [0, 0.05) is 32.7 Å². The molecule has 3 nitrogen and oxygen atoms in total. The molecule has 9 heavy (non-hydrogen) atoms. The molecule has 0 atom stereocenters. The SMILES string of the molecule is [B]CNC(=O)[CH-]N[CH2-].[Y]. The van der Waals surface area contributed by atoms with E-state index in [1.807, 2.05) is 0 Å².